The summed E-state index contributed by atoms with van der Waals surface area (Å²) in [6.07, 6.45) is 0.301. The molecule has 1 atom stereocenters. The van der Waals surface area contributed by atoms with Crippen molar-refractivity contribution in [1.29, 1.82) is 0 Å². The highest BCUT2D eigenvalue weighted by Gasteiger charge is 2.33. The Morgan fingerprint density at radius 1 is 1.16 bits per heavy atom. The first-order valence-electron chi connectivity index (χ1n) is 10.4. The van der Waals surface area contributed by atoms with Crippen molar-refractivity contribution >= 4 is 23.3 Å². The minimum Gasteiger partial charge on any atom is -0.373 e. The molecule has 0 aliphatic carbocycles. The van der Waals surface area contributed by atoms with Crippen LogP contribution in [0.2, 0.25) is 0 Å². The highest BCUT2D eigenvalue weighted by molar-refractivity contribution is 5.96. The van der Waals surface area contributed by atoms with Crippen LogP contribution in [0.5, 0.6) is 0 Å². The van der Waals surface area contributed by atoms with Gasteiger partial charge >= 0.3 is 0 Å². The summed E-state index contributed by atoms with van der Waals surface area (Å²) in [5.41, 5.74) is 1.99. The van der Waals surface area contributed by atoms with E-state index < -0.39 is 0 Å². The average molecular weight is 433 g/mol. The van der Waals surface area contributed by atoms with E-state index in [0.717, 1.165) is 5.69 Å². The number of carbonyl (C=O) groups is 2. The summed E-state index contributed by atoms with van der Waals surface area (Å²) in [6, 6.07) is 16.8. The summed E-state index contributed by atoms with van der Waals surface area (Å²) >= 11 is 0. The standard InChI is InChI=1S/C24H24FN5O2/c1-26-21-13-20(17-12-23(31)30(14-17)19-10-8-18(25)9-11-19)27-22(28-21)15-29(2)24(32)16-6-4-3-5-7-16/h3-11,13,17H,12,14-15H2,1-2H3,(H,26,27,28)/t17-/m0/s1. The molecule has 2 heterocycles. The minimum atomic E-state index is -0.342. The second-order valence-electron chi connectivity index (χ2n) is 7.75. The SMILES string of the molecule is CNc1cc([C@H]2CC(=O)N(c3ccc(F)cc3)C2)nc(CN(C)C(=O)c2ccccc2)n1. The van der Waals surface area contributed by atoms with Gasteiger partial charge in [-0.15, -0.1) is 0 Å². The number of hydrogen-bond donors (Lipinski definition) is 1. The van der Waals surface area contributed by atoms with Crippen LogP contribution in [0.1, 0.15) is 34.2 Å². The quantitative estimate of drug-likeness (QED) is 0.644. The van der Waals surface area contributed by atoms with Crippen LogP contribution >= 0.6 is 0 Å². The van der Waals surface area contributed by atoms with Gasteiger partial charge in [0.25, 0.3) is 5.91 Å². The third kappa shape index (κ3) is 4.59. The molecule has 0 radical (unpaired) electrons. The fourth-order valence-corrected chi connectivity index (χ4v) is 3.79. The maximum absolute atomic E-state index is 13.3. The van der Waals surface area contributed by atoms with E-state index in [-0.39, 0.29) is 30.1 Å². The van der Waals surface area contributed by atoms with Crippen molar-refractivity contribution in [3.8, 4) is 0 Å². The monoisotopic (exact) mass is 433 g/mol. The van der Waals surface area contributed by atoms with Crippen molar-refractivity contribution in [2.45, 2.75) is 18.9 Å². The average Bonchev–Trinajstić information content (AvgIpc) is 3.21. The Bertz CT molecular complexity index is 1120. The lowest BCUT2D eigenvalue weighted by Crippen LogP contribution is -2.27. The third-order valence-corrected chi connectivity index (χ3v) is 5.48. The Morgan fingerprint density at radius 2 is 1.88 bits per heavy atom. The predicted octanol–water partition coefficient (Wildman–Crippen LogP) is 3.45. The van der Waals surface area contributed by atoms with Crippen molar-refractivity contribution in [3.63, 3.8) is 0 Å². The van der Waals surface area contributed by atoms with E-state index in [1.54, 1.807) is 48.2 Å². The lowest BCUT2D eigenvalue weighted by molar-refractivity contribution is -0.117. The largest absolute Gasteiger partial charge is 0.373 e. The molecule has 0 unspecified atom stereocenters. The zero-order valence-electron chi connectivity index (χ0n) is 18.0. The topological polar surface area (TPSA) is 78.4 Å². The molecule has 0 spiro atoms. The molecule has 2 aromatic carbocycles. The third-order valence-electron chi connectivity index (χ3n) is 5.48. The Hall–Kier alpha value is -3.81. The van der Waals surface area contributed by atoms with Gasteiger partial charge in [-0.3, -0.25) is 9.59 Å². The maximum atomic E-state index is 13.3. The van der Waals surface area contributed by atoms with Crippen LogP contribution in [0, 0.1) is 5.82 Å². The number of nitrogens with zero attached hydrogens (tertiary/aromatic N) is 4. The van der Waals surface area contributed by atoms with Crippen molar-refractivity contribution < 1.29 is 14.0 Å². The number of carbonyl (C=O) groups excluding carboxylic acids is 2. The van der Waals surface area contributed by atoms with Crippen LogP contribution in [-0.2, 0) is 11.3 Å². The van der Waals surface area contributed by atoms with Crippen LogP contribution < -0.4 is 10.2 Å². The fourth-order valence-electron chi connectivity index (χ4n) is 3.79. The fraction of sp³-hybridized carbons (Fsp3) is 0.250. The highest BCUT2D eigenvalue weighted by atomic mass is 19.1. The van der Waals surface area contributed by atoms with Gasteiger partial charge in [0, 0.05) is 50.3 Å². The van der Waals surface area contributed by atoms with Crippen molar-refractivity contribution in [3.05, 3.63) is 83.6 Å². The van der Waals surface area contributed by atoms with Crippen molar-refractivity contribution in [1.82, 2.24) is 14.9 Å². The zero-order valence-corrected chi connectivity index (χ0v) is 18.0. The molecule has 1 aliphatic rings. The number of nitrogens with one attached hydrogen (secondary N) is 1. The number of anilines is 2. The van der Waals surface area contributed by atoms with Gasteiger partial charge in [-0.1, -0.05) is 18.2 Å². The van der Waals surface area contributed by atoms with E-state index in [0.29, 0.717) is 35.9 Å². The molecule has 1 N–H and O–H groups in total. The van der Waals surface area contributed by atoms with Crippen LogP contribution in [-0.4, -0.2) is 47.3 Å². The van der Waals surface area contributed by atoms with Gasteiger partial charge < -0.3 is 15.1 Å². The van der Waals surface area contributed by atoms with Crippen LogP contribution in [0.4, 0.5) is 15.9 Å². The molecule has 2 amide bonds. The Kier molecular flexibility index (Phi) is 6.11. The smallest absolute Gasteiger partial charge is 0.254 e. The van der Waals surface area contributed by atoms with Crippen molar-refractivity contribution in [2.24, 2.45) is 0 Å². The molecule has 4 rings (SSSR count). The molecule has 1 saturated heterocycles. The number of hydrogen-bond acceptors (Lipinski definition) is 5. The van der Waals surface area contributed by atoms with Gasteiger partial charge in [-0.2, -0.15) is 0 Å². The van der Waals surface area contributed by atoms with Crippen molar-refractivity contribution in [2.75, 3.05) is 30.9 Å². The lowest BCUT2D eigenvalue weighted by atomic mass is 10.0. The number of halogens is 1. The summed E-state index contributed by atoms with van der Waals surface area (Å²) in [5.74, 6) is 0.486. The van der Waals surface area contributed by atoms with Gasteiger partial charge in [0.1, 0.15) is 17.5 Å². The molecular weight excluding hydrogens is 409 g/mol. The molecule has 1 aromatic heterocycles. The van der Waals surface area contributed by atoms with Gasteiger partial charge in [-0.05, 0) is 36.4 Å². The minimum absolute atomic E-state index is 0.0378. The molecule has 164 valence electrons. The van der Waals surface area contributed by atoms with E-state index in [2.05, 4.69) is 15.3 Å². The van der Waals surface area contributed by atoms with Crippen LogP contribution in [0.25, 0.3) is 0 Å². The molecule has 7 nitrogen and oxygen atoms in total. The lowest BCUT2D eigenvalue weighted by Gasteiger charge is -2.19. The van der Waals surface area contributed by atoms with E-state index >= 15 is 0 Å². The first kappa shape index (κ1) is 21.4. The Labute approximate surface area is 185 Å². The zero-order chi connectivity index (χ0) is 22.7. The van der Waals surface area contributed by atoms with E-state index in [1.165, 1.54) is 12.1 Å². The van der Waals surface area contributed by atoms with E-state index in [9.17, 15) is 14.0 Å². The van der Waals surface area contributed by atoms with Crippen LogP contribution in [0.3, 0.4) is 0 Å². The molecule has 0 saturated carbocycles. The Morgan fingerprint density at radius 3 is 2.56 bits per heavy atom. The molecule has 3 aromatic rings. The first-order chi connectivity index (χ1) is 15.4. The molecular formula is C24H24FN5O2. The summed E-state index contributed by atoms with van der Waals surface area (Å²) < 4.78 is 13.3. The number of benzene rings is 2. The first-order valence-corrected chi connectivity index (χ1v) is 10.4. The normalized spacial score (nSPS) is 15.7. The maximum Gasteiger partial charge on any atom is 0.254 e. The van der Waals surface area contributed by atoms with E-state index in [4.69, 9.17) is 0 Å². The molecule has 8 heteroatoms. The number of rotatable bonds is 6. The number of amides is 2. The molecule has 0 bridgehead atoms. The summed E-state index contributed by atoms with van der Waals surface area (Å²) in [6.45, 7) is 0.682. The van der Waals surface area contributed by atoms with E-state index in [1.807, 2.05) is 24.3 Å². The highest BCUT2D eigenvalue weighted by Crippen LogP contribution is 2.32. The summed E-state index contributed by atoms with van der Waals surface area (Å²) in [7, 11) is 3.47. The predicted molar refractivity (Wildman–Crippen MR) is 120 cm³/mol. The molecule has 1 fully saturated rings. The summed E-state index contributed by atoms with van der Waals surface area (Å²) in [5, 5.41) is 3.03. The van der Waals surface area contributed by atoms with Gasteiger partial charge in [0.2, 0.25) is 5.91 Å². The van der Waals surface area contributed by atoms with Gasteiger partial charge in [0.15, 0.2) is 0 Å². The van der Waals surface area contributed by atoms with Gasteiger partial charge in [-0.25, -0.2) is 14.4 Å². The van der Waals surface area contributed by atoms with Gasteiger partial charge in [0.05, 0.1) is 12.2 Å². The molecule has 1 aliphatic heterocycles. The van der Waals surface area contributed by atoms with Crippen LogP contribution in [0.15, 0.2) is 60.7 Å². The number of aromatic nitrogens is 2. The summed E-state index contributed by atoms with van der Waals surface area (Å²) in [4.78, 5) is 37.7. The second kappa shape index (κ2) is 9.13. The second-order valence-corrected chi connectivity index (χ2v) is 7.75. The molecule has 32 heavy (non-hydrogen) atoms. The Balaban J connectivity index is 1.54.